The summed E-state index contributed by atoms with van der Waals surface area (Å²) in [4.78, 5) is 19.7. The van der Waals surface area contributed by atoms with Crippen LogP contribution in [0.2, 0.25) is 0 Å². The third kappa shape index (κ3) is 4.70. The normalized spacial score (nSPS) is 15.6. The molecule has 0 bridgehead atoms. The summed E-state index contributed by atoms with van der Waals surface area (Å²) in [5.41, 5.74) is 4.35. The Balaban J connectivity index is 1.03. The number of carbonyl (C=O) groups is 1. The molecule has 0 spiro atoms. The number of nitrogens with one attached hydrogen (secondary N) is 1. The van der Waals surface area contributed by atoms with Crippen LogP contribution in [-0.2, 0) is 11.3 Å². The second kappa shape index (κ2) is 9.73. The molecular formula is C27H25FN6OS. The molecule has 36 heavy (non-hydrogen) atoms. The number of fused-ring (bicyclic) bond motifs is 1. The molecule has 1 amide bonds. The maximum Gasteiger partial charge on any atom is 0.227 e. The fraction of sp³-hybridized carbons (Fsp3) is 0.259. The zero-order valence-electron chi connectivity index (χ0n) is 19.6. The Morgan fingerprint density at radius 1 is 0.889 bits per heavy atom. The number of aromatic nitrogens is 4. The third-order valence-electron chi connectivity index (χ3n) is 6.73. The maximum absolute atomic E-state index is 13.2. The summed E-state index contributed by atoms with van der Waals surface area (Å²) in [6.07, 6.45) is 3.60. The van der Waals surface area contributed by atoms with Crippen molar-refractivity contribution in [3.8, 4) is 22.5 Å². The highest BCUT2D eigenvalue weighted by atomic mass is 32.2. The van der Waals surface area contributed by atoms with E-state index in [1.165, 1.54) is 12.1 Å². The number of hydrogen-bond acceptors (Lipinski definition) is 6. The van der Waals surface area contributed by atoms with Crippen molar-refractivity contribution in [1.82, 2.24) is 19.7 Å². The zero-order chi connectivity index (χ0) is 24.5. The van der Waals surface area contributed by atoms with E-state index in [0.717, 1.165) is 71.7 Å². The molecule has 182 valence electrons. The molecule has 2 aromatic carbocycles. The van der Waals surface area contributed by atoms with Gasteiger partial charge in [0.25, 0.3) is 0 Å². The Bertz CT molecular complexity index is 1340. The van der Waals surface area contributed by atoms with Crippen molar-refractivity contribution < 1.29 is 9.18 Å². The fourth-order valence-corrected chi connectivity index (χ4v) is 5.60. The second-order valence-corrected chi connectivity index (χ2v) is 10.1. The van der Waals surface area contributed by atoms with Crippen molar-refractivity contribution >= 4 is 29.2 Å². The molecule has 1 fully saturated rings. The Hall–Kier alpha value is -3.72. The summed E-state index contributed by atoms with van der Waals surface area (Å²) >= 11 is 1.78. The van der Waals surface area contributed by atoms with Gasteiger partial charge in [-0.15, -0.1) is 10.2 Å². The standard InChI is InChI=1S/C27H25FN6OS/c28-21-5-1-18(2-6-21)23-9-10-25(32-31-23)33-13-11-20(12-14-33)26(35)29-22-7-3-19(4-8-22)24-17-34-15-16-36-27(34)30-24/h1-10,17,20H,11-16H2,(H,29,35). The molecule has 2 aromatic heterocycles. The molecule has 9 heteroatoms. The number of imidazole rings is 1. The van der Waals surface area contributed by atoms with Crippen LogP contribution in [0.25, 0.3) is 22.5 Å². The van der Waals surface area contributed by atoms with E-state index < -0.39 is 0 Å². The Kier molecular flexibility index (Phi) is 6.14. The minimum absolute atomic E-state index is 0.0412. The van der Waals surface area contributed by atoms with Gasteiger partial charge >= 0.3 is 0 Å². The number of piperidine rings is 1. The van der Waals surface area contributed by atoms with Crippen LogP contribution in [0.5, 0.6) is 0 Å². The number of halogens is 1. The number of carbonyl (C=O) groups excluding carboxylic acids is 1. The molecule has 4 aromatic rings. The van der Waals surface area contributed by atoms with Crippen LogP contribution >= 0.6 is 11.8 Å². The van der Waals surface area contributed by atoms with E-state index in [-0.39, 0.29) is 17.6 Å². The maximum atomic E-state index is 13.2. The van der Waals surface area contributed by atoms with Gasteiger partial charge in [0.15, 0.2) is 11.0 Å². The van der Waals surface area contributed by atoms with Crippen molar-refractivity contribution in [2.45, 2.75) is 24.5 Å². The van der Waals surface area contributed by atoms with Gasteiger partial charge in [0.05, 0.1) is 11.4 Å². The first-order chi connectivity index (χ1) is 17.6. The van der Waals surface area contributed by atoms with Gasteiger partial charge in [-0.05, 0) is 61.4 Å². The molecule has 4 heterocycles. The van der Waals surface area contributed by atoms with Crippen LogP contribution in [0.15, 0.2) is 72.0 Å². The second-order valence-electron chi connectivity index (χ2n) is 9.06. The van der Waals surface area contributed by atoms with E-state index in [1.807, 2.05) is 36.4 Å². The number of amides is 1. The molecule has 0 radical (unpaired) electrons. The van der Waals surface area contributed by atoms with Gasteiger partial charge in [0.1, 0.15) is 5.82 Å². The van der Waals surface area contributed by atoms with Crippen molar-refractivity contribution in [2.75, 3.05) is 29.1 Å². The van der Waals surface area contributed by atoms with Crippen molar-refractivity contribution in [1.29, 1.82) is 0 Å². The lowest BCUT2D eigenvalue weighted by molar-refractivity contribution is -0.120. The molecule has 0 atom stereocenters. The number of anilines is 2. The average molecular weight is 501 g/mol. The van der Waals surface area contributed by atoms with Crippen LogP contribution in [-0.4, -0.2) is 44.5 Å². The van der Waals surface area contributed by atoms with Crippen molar-refractivity contribution in [2.24, 2.45) is 5.92 Å². The predicted molar refractivity (Wildman–Crippen MR) is 139 cm³/mol. The van der Waals surface area contributed by atoms with Gasteiger partial charge in [0.2, 0.25) is 5.91 Å². The zero-order valence-corrected chi connectivity index (χ0v) is 20.4. The van der Waals surface area contributed by atoms with Crippen LogP contribution in [0.1, 0.15) is 12.8 Å². The molecule has 7 nitrogen and oxygen atoms in total. The number of nitrogens with zero attached hydrogens (tertiary/aromatic N) is 5. The van der Waals surface area contributed by atoms with E-state index in [1.54, 1.807) is 23.9 Å². The lowest BCUT2D eigenvalue weighted by Crippen LogP contribution is -2.38. The number of aryl methyl sites for hydroxylation is 1. The van der Waals surface area contributed by atoms with Gasteiger partial charge in [-0.1, -0.05) is 23.9 Å². The first-order valence-corrected chi connectivity index (χ1v) is 13.1. The van der Waals surface area contributed by atoms with E-state index >= 15 is 0 Å². The number of thioether (sulfide) groups is 1. The highest BCUT2D eigenvalue weighted by Gasteiger charge is 2.26. The predicted octanol–water partition coefficient (Wildman–Crippen LogP) is 5.11. The Labute approximate surface area is 212 Å². The lowest BCUT2D eigenvalue weighted by Gasteiger charge is -2.31. The highest BCUT2D eigenvalue weighted by molar-refractivity contribution is 7.99. The minimum atomic E-state index is -0.274. The molecular weight excluding hydrogens is 475 g/mol. The molecule has 0 aliphatic carbocycles. The summed E-state index contributed by atoms with van der Waals surface area (Å²) in [6.45, 7) is 2.49. The van der Waals surface area contributed by atoms with Gasteiger partial charge in [0, 0.05) is 54.3 Å². The van der Waals surface area contributed by atoms with Gasteiger partial charge in [-0.25, -0.2) is 9.37 Å². The van der Waals surface area contributed by atoms with Crippen LogP contribution in [0.3, 0.4) is 0 Å². The summed E-state index contributed by atoms with van der Waals surface area (Å²) in [6, 6.07) is 18.0. The van der Waals surface area contributed by atoms with E-state index in [4.69, 9.17) is 4.98 Å². The molecule has 2 aliphatic heterocycles. The molecule has 0 unspecified atom stereocenters. The van der Waals surface area contributed by atoms with Crippen LogP contribution in [0.4, 0.5) is 15.9 Å². The average Bonchev–Trinajstić information content (AvgIpc) is 3.53. The van der Waals surface area contributed by atoms with Gasteiger partial charge in [-0.3, -0.25) is 4.79 Å². The minimum Gasteiger partial charge on any atom is -0.355 e. The molecule has 1 N–H and O–H groups in total. The van der Waals surface area contributed by atoms with Crippen LogP contribution in [0, 0.1) is 11.7 Å². The first-order valence-electron chi connectivity index (χ1n) is 12.1. The first kappa shape index (κ1) is 22.7. The summed E-state index contributed by atoms with van der Waals surface area (Å²) in [5.74, 6) is 1.62. The third-order valence-corrected chi connectivity index (χ3v) is 7.70. The number of rotatable bonds is 5. The summed E-state index contributed by atoms with van der Waals surface area (Å²) in [7, 11) is 0. The Morgan fingerprint density at radius 3 is 2.31 bits per heavy atom. The quantitative estimate of drug-likeness (QED) is 0.411. The topological polar surface area (TPSA) is 75.9 Å². The smallest absolute Gasteiger partial charge is 0.227 e. The molecule has 0 saturated carbocycles. The van der Waals surface area contributed by atoms with Crippen LogP contribution < -0.4 is 10.2 Å². The summed E-state index contributed by atoms with van der Waals surface area (Å²) in [5, 5.41) is 12.8. The van der Waals surface area contributed by atoms with Gasteiger partial charge in [-0.2, -0.15) is 0 Å². The van der Waals surface area contributed by atoms with Crippen molar-refractivity contribution in [3.63, 3.8) is 0 Å². The monoisotopic (exact) mass is 500 g/mol. The van der Waals surface area contributed by atoms with E-state index in [0.29, 0.717) is 5.69 Å². The Morgan fingerprint density at radius 2 is 1.61 bits per heavy atom. The molecule has 6 rings (SSSR count). The van der Waals surface area contributed by atoms with Crippen molar-refractivity contribution in [3.05, 3.63) is 72.7 Å². The lowest BCUT2D eigenvalue weighted by atomic mass is 9.95. The largest absolute Gasteiger partial charge is 0.355 e. The highest BCUT2D eigenvalue weighted by Crippen LogP contribution is 2.30. The van der Waals surface area contributed by atoms with E-state index in [2.05, 4.69) is 31.2 Å². The number of hydrogen-bond donors (Lipinski definition) is 1. The van der Waals surface area contributed by atoms with E-state index in [9.17, 15) is 9.18 Å². The number of benzene rings is 2. The molecule has 1 saturated heterocycles. The summed E-state index contributed by atoms with van der Waals surface area (Å²) < 4.78 is 15.3. The molecule has 2 aliphatic rings. The fourth-order valence-electron chi connectivity index (χ4n) is 4.66. The SMILES string of the molecule is O=C(Nc1ccc(-c2cn3c(n2)SCC3)cc1)C1CCN(c2ccc(-c3ccc(F)cc3)nn2)CC1. The van der Waals surface area contributed by atoms with Gasteiger partial charge < -0.3 is 14.8 Å².